The van der Waals surface area contributed by atoms with Crippen molar-refractivity contribution in [3.63, 3.8) is 0 Å². The number of nitrogens with two attached hydrogens (primary N) is 1. The van der Waals surface area contributed by atoms with Gasteiger partial charge in [0.15, 0.2) is 5.82 Å². The summed E-state index contributed by atoms with van der Waals surface area (Å²) in [5.74, 6) is 1.57. The molecule has 31 heavy (non-hydrogen) atoms. The topological polar surface area (TPSA) is 77.2 Å². The van der Waals surface area contributed by atoms with Crippen LogP contribution in [0.15, 0.2) is 48.8 Å². The second-order valence-electron chi connectivity index (χ2n) is 8.59. The Kier molecular flexibility index (Phi) is 5.80. The summed E-state index contributed by atoms with van der Waals surface area (Å²) >= 11 is 0. The number of ether oxygens (including phenoxy) is 1. The van der Waals surface area contributed by atoms with Gasteiger partial charge in [-0.2, -0.15) is 0 Å². The van der Waals surface area contributed by atoms with E-state index < -0.39 is 0 Å². The van der Waals surface area contributed by atoms with Crippen molar-refractivity contribution in [3.8, 4) is 17.3 Å². The Balaban J connectivity index is 1.28. The Morgan fingerprint density at radius 3 is 2.71 bits per heavy atom. The Labute approximate surface area is 183 Å². The van der Waals surface area contributed by atoms with E-state index in [0.717, 1.165) is 73.1 Å². The van der Waals surface area contributed by atoms with E-state index in [0.29, 0.717) is 6.10 Å². The molecule has 0 atom stereocenters. The lowest BCUT2D eigenvalue weighted by molar-refractivity contribution is 0.143. The highest BCUT2D eigenvalue weighted by atomic mass is 16.5. The molecule has 1 fully saturated rings. The second kappa shape index (κ2) is 9.02. The number of fused-ring (bicyclic) bond motifs is 1. The quantitative estimate of drug-likeness (QED) is 0.623. The zero-order valence-corrected chi connectivity index (χ0v) is 17.8. The Morgan fingerprint density at radius 2 is 1.87 bits per heavy atom. The van der Waals surface area contributed by atoms with Crippen LogP contribution < -0.4 is 10.5 Å². The highest BCUT2D eigenvalue weighted by Gasteiger charge is 2.22. The maximum Gasteiger partial charge on any atom is 0.218 e. The van der Waals surface area contributed by atoms with Crippen molar-refractivity contribution in [2.75, 3.05) is 12.3 Å². The van der Waals surface area contributed by atoms with E-state index in [-0.39, 0.29) is 0 Å². The maximum atomic E-state index is 6.30. The van der Waals surface area contributed by atoms with E-state index >= 15 is 0 Å². The van der Waals surface area contributed by atoms with Crippen molar-refractivity contribution >= 4 is 5.69 Å². The molecule has 1 aliphatic heterocycles. The summed E-state index contributed by atoms with van der Waals surface area (Å²) in [4.78, 5) is 16.4. The molecule has 3 aromatic rings. The summed E-state index contributed by atoms with van der Waals surface area (Å²) in [5, 5.41) is 0. The summed E-state index contributed by atoms with van der Waals surface area (Å²) in [6.45, 7) is 2.63. The van der Waals surface area contributed by atoms with Crippen LogP contribution in [0.1, 0.15) is 48.9 Å². The second-order valence-corrected chi connectivity index (χ2v) is 8.59. The number of nitrogen functional groups attached to an aromatic ring is 1. The fourth-order valence-corrected chi connectivity index (χ4v) is 4.51. The molecular formula is C25H29N5O. The number of hydrogen-bond donors (Lipinski definition) is 1. The lowest BCUT2D eigenvalue weighted by Gasteiger charge is -2.29. The molecule has 5 rings (SSSR count). The van der Waals surface area contributed by atoms with Gasteiger partial charge in [0.2, 0.25) is 5.88 Å². The molecule has 0 radical (unpaired) electrons. The predicted octanol–water partition coefficient (Wildman–Crippen LogP) is 4.39. The third-order valence-electron chi connectivity index (χ3n) is 6.26. The van der Waals surface area contributed by atoms with Gasteiger partial charge in [0.05, 0.1) is 5.69 Å². The molecule has 2 aromatic heterocycles. The van der Waals surface area contributed by atoms with E-state index in [2.05, 4.69) is 20.9 Å². The lowest BCUT2D eigenvalue weighted by atomic mass is 9.98. The van der Waals surface area contributed by atoms with E-state index in [9.17, 15) is 0 Å². The van der Waals surface area contributed by atoms with Crippen LogP contribution in [0, 0.1) is 0 Å². The summed E-state index contributed by atoms with van der Waals surface area (Å²) < 4.78 is 6.30. The van der Waals surface area contributed by atoms with Crippen molar-refractivity contribution in [1.82, 2.24) is 19.9 Å². The number of aromatic nitrogens is 3. The summed E-state index contributed by atoms with van der Waals surface area (Å²) in [6, 6.07) is 11.9. The van der Waals surface area contributed by atoms with Crippen LogP contribution in [-0.4, -0.2) is 32.5 Å². The van der Waals surface area contributed by atoms with Crippen LogP contribution in [-0.2, 0) is 19.5 Å². The third kappa shape index (κ3) is 4.69. The minimum absolute atomic E-state index is 0.310. The minimum atomic E-state index is 0.310. The molecule has 2 N–H and O–H groups in total. The zero-order valence-electron chi connectivity index (χ0n) is 17.8. The van der Waals surface area contributed by atoms with Crippen molar-refractivity contribution in [1.29, 1.82) is 0 Å². The minimum Gasteiger partial charge on any atom is -0.474 e. The number of hydrogen-bond acceptors (Lipinski definition) is 6. The first-order valence-corrected chi connectivity index (χ1v) is 11.3. The highest BCUT2D eigenvalue weighted by Crippen LogP contribution is 2.27. The lowest BCUT2D eigenvalue weighted by Crippen LogP contribution is -2.31. The van der Waals surface area contributed by atoms with Gasteiger partial charge in [-0.25, -0.2) is 15.0 Å². The number of benzene rings is 1. The average Bonchev–Trinajstić information content (AvgIpc) is 2.81. The standard InChI is InChI=1S/C25H29N5O/c26-21-10-8-18(9-11-21)24-28-15-20-17-30(14-12-23(20)29-24)16-19-5-4-13-27-25(19)31-22-6-2-1-3-7-22/h4-5,8-11,13,15,22H,1-3,6-7,12,14,16-17,26H2. The molecule has 2 aliphatic rings. The van der Waals surface area contributed by atoms with Crippen LogP contribution in [0.4, 0.5) is 5.69 Å². The summed E-state index contributed by atoms with van der Waals surface area (Å²) in [7, 11) is 0. The van der Waals surface area contributed by atoms with Crippen LogP contribution >= 0.6 is 0 Å². The van der Waals surface area contributed by atoms with E-state index in [1.54, 1.807) is 0 Å². The van der Waals surface area contributed by atoms with E-state index in [1.807, 2.05) is 42.7 Å². The van der Waals surface area contributed by atoms with Crippen molar-refractivity contribution in [2.45, 2.75) is 57.7 Å². The number of pyridine rings is 1. The van der Waals surface area contributed by atoms with Gasteiger partial charge in [-0.15, -0.1) is 0 Å². The first kappa shape index (κ1) is 19.9. The maximum absolute atomic E-state index is 6.30. The Bertz CT molecular complexity index is 1030. The largest absolute Gasteiger partial charge is 0.474 e. The van der Waals surface area contributed by atoms with Gasteiger partial charge in [0, 0.05) is 60.8 Å². The van der Waals surface area contributed by atoms with Gasteiger partial charge in [-0.05, 0) is 56.0 Å². The van der Waals surface area contributed by atoms with Crippen LogP contribution in [0.5, 0.6) is 5.88 Å². The molecule has 1 saturated carbocycles. The predicted molar refractivity (Wildman–Crippen MR) is 121 cm³/mol. The molecule has 1 aromatic carbocycles. The van der Waals surface area contributed by atoms with Gasteiger partial charge in [-0.3, -0.25) is 4.90 Å². The summed E-state index contributed by atoms with van der Waals surface area (Å²) in [6.07, 6.45) is 11.2. The number of anilines is 1. The molecular weight excluding hydrogens is 386 g/mol. The molecule has 160 valence electrons. The molecule has 0 spiro atoms. The van der Waals surface area contributed by atoms with Gasteiger partial charge >= 0.3 is 0 Å². The fraction of sp³-hybridized carbons (Fsp3) is 0.400. The van der Waals surface area contributed by atoms with Crippen molar-refractivity contribution in [2.24, 2.45) is 0 Å². The molecule has 6 nitrogen and oxygen atoms in total. The molecule has 0 amide bonds. The van der Waals surface area contributed by atoms with Gasteiger partial charge in [0.1, 0.15) is 6.10 Å². The van der Waals surface area contributed by atoms with Gasteiger partial charge < -0.3 is 10.5 Å². The summed E-state index contributed by atoms with van der Waals surface area (Å²) in [5.41, 5.74) is 11.0. The molecule has 1 aliphatic carbocycles. The number of nitrogens with zero attached hydrogens (tertiary/aromatic N) is 4. The van der Waals surface area contributed by atoms with Crippen molar-refractivity contribution < 1.29 is 4.74 Å². The monoisotopic (exact) mass is 415 g/mol. The molecule has 0 saturated heterocycles. The molecule has 3 heterocycles. The first-order valence-electron chi connectivity index (χ1n) is 11.3. The number of rotatable bonds is 5. The Morgan fingerprint density at radius 1 is 1.03 bits per heavy atom. The van der Waals surface area contributed by atoms with Crippen LogP contribution in [0.25, 0.3) is 11.4 Å². The highest BCUT2D eigenvalue weighted by molar-refractivity contribution is 5.58. The Hall–Kier alpha value is -2.99. The fourth-order valence-electron chi connectivity index (χ4n) is 4.51. The smallest absolute Gasteiger partial charge is 0.218 e. The molecule has 0 unspecified atom stereocenters. The van der Waals surface area contributed by atoms with Gasteiger partial charge in [-0.1, -0.05) is 12.5 Å². The van der Waals surface area contributed by atoms with Gasteiger partial charge in [0.25, 0.3) is 0 Å². The average molecular weight is 416 g/mol. The van der Waals surface area contributed by atoms with E-state index in [4.69, 9.17) is 15.5 Å². The van der Waals surface area contributed by atoms with Crippen LogP contribution in [0.2, 0.25) is 0 Å². The zero-order chi connectivity index (χ0) is 21.0. The first-order chi connectivity index (χ1) is 15.2. The normalized spacial score (nSPS) is 17.3. The molecule has 0 bridgehead atoms. The van der Waals surface area contributed by atoms with Crippen molar-refractivity contribution in [3.05, 3.63) is 65.6 Å². The third-order valence-corrected chi connectivity index (χ3v) is 6.26. The van der Waals surface area contributed by atoms with Crippen LogP contribution in [0.3, 0.4) is 0 Å². The SMILES string of the molecule is Nc1ccc(-c2ncc3c(n2)CCN(Cc2cccnc2OC2CCCCC2)C3)cc1. The molecule has 6 heteroatoms. The van der Waals surface area contributed by atoms with E-state index in [1.165, 1.54) is 24.8 Å².